The normalized spacial score (nSPS) is 20.4. The molecule has 0 bridgehead atoms. The summed E-state index contributed by atoms with van der Waals surface area (Å²) in [7, 11) is 3.41. The summed E-state index contributed by atoms with van der Waals surface area (Å²) in [6.45, 7) is 9.49. The van der Waals surface area contributed by atoms with Crippen LogP contribution in [0.25, 0.3) is 0 Å². The molecule has 1 aromatic rings. The van der Waals surface area contributed by atoms with E-state index in [-0.39, 0.29) is 11.8 Å². The minimum absolute atomic E-state index is 0.136. The van der Waals surface area contributed by atoms with Gasteiger partial charge in [0.25, 0.3) is 5.91 Å². The Bertz CT molecular complexity index is 737. The number of ether oxygens (including phenoxy) is 2. The highest BCUT2D eigenvalue weighted by Crippen LogP contribution is 2.26. The van der Waals surface area contributed by atoms with Crippen molar-refractivity contribution in [2.45, 2.75) is 46.1 Å². The molecule has 0 radical (unpaired) electrons. The average molecular weight is 420 g/mol. The maximum Gasteiger partial charge on any atom is 0.255 e. The lowest BCUT2D eigenvalue weighted by atomic mass is 9.95. The van der Waals surface area contributed by atoms with Crippen LogP contribution in [0.2, 0.25) is 0 Å². The van der Waals surface area contributed by atoms with Gasteiger partial charge in [0.05, 0.1) is 12.2 Å². The lowest BCUT2D eigenvalue weighted by Gasteiger charge is -2.34. The maximum absolute atomic E-state index is 13.1. The van der Waals surface area contributed by atoms with Crippen molar-refractivity contribution in [1.82, 2.24) is 14.4 Å². The Morgan fingerprint density at radius 3 is 2.53 bits per heavy atom. The predicted octanol–water partition coefficient (Wildman–Crippen LogP) is 2.49. The third-order valence-electron chi connectivity index (χ3n) is 6.61. The fourth-order valence-electron chi connectivity index (χ4n) is 4.91. The number of hydrogen-bond donors (Lipinski definition) is 0. The van der Waals surface area contributed by atoms with Gasteiger partial charge in [-0.15, -0.1) is 0 Å². The Morgan fingerprint density at radius 2 is 1.87 bits per heavy atom. The quantitative estimate of drug-likeness (QED) is 0.577. The highest BCUT2D eigenvalue weighted by atomic mass is 16.5. The summed E-state index contributed by atoms with van der Waals surface area (Å²) in [4.78, 5) is 29.4. The van der Waals surface area contributed by atoms with E-state index in [1.54, 1.807) is 14.2 Å². The number of hydrogen-bond acceptors (Lipinski definition) is 4. The van der Waals surface area contributed by atoms with E-state index in [0.717, 1.165) is 75.5 Å². The molecule has 2 amide bonds. The molecule has 168 valence electrons. The largest absolute Gasteiger partial charge is 0.385 e. The standard InChI is InChI=1S/C23H37N3O4/c1-17-12-21(18(2)26(17)8-5-11-29-3)23(28)24-9-6-19(7-10-24)14-25-15-20(16-30-4)13-22(25)27/h12,19-20H,5-11,13-16H2,1-4H3. The van der Waals surface area contributed by atoms with E-state index in [1.165, 1.54) is 0 Å². The molecule has 2 aliphatic rings. The van der Waals surface area contributed by atoms with Crippen molar-refractivity contribution in [2.24, 2.45) is 11.8 Å². The molecular weight excluding hydrogens is 382 g/mol. The maximum atomic E-state index is 13.1. The van der Waals surface area contributed by atoms with Crippen molar-refractivity contribution in [3.05, 3.63) is 23.0 Å². The van der Waals surface area contributed by atoms with Crippen molar-refractivity contribution in [1.29, 1.82) is 0 Å². The molecule has 7 nitrogen and oxygen atoms in total. The van der Waals surface area contributed by atoms with Crippen LogP contribution in [0.1, 0.15) is 47.4 Å². The molecule has 1 aromatic heterocycles. The molecule has 2 fully saturated rings. The number of carbonyl (C=O) groups is 2. The van der Waals surface area contributed by atoms with Gasteiger partial charge in [0.15, 0.2) is 0 Å². The average Bonchev–Trinajstić information content (AvgIpc) is 3.21. The first-order chi connectivity index (χ1) is 14.4. The molecule has 1 unspecified atom stereocenters. The van der Waals surface area contributed by atoms with Gasteiger partial charge in [0.1, 0.15) is 0 Å². The highest BCUT2D eigenvalue weighted by Gasteiger charge is 2.33. The number of piperidine rings is 1. The van der Waals surface area contributed by atoms with Crippen LogP contribution in [-0.4, -0.2) is 79.8 Å². The van der Waals surface area contributed by atoms with Crippen LogP contribution < -0.4 is 0 Å². The zero-order valence-electron chi connectivity index (χ0n) is 19.0. The number of aromatic nitrogens is 1. The highest BCUT2D eigenvalue weighted by molar-refractivity contribution is 5.95. The first kappa shape index (κ1) is 22.8. The van der Waals surface area contributed by atoms with Crippen molar-refractivity contribution in [3.8, 4) is 0 Å². The van der Waals surface area contributed by atoms with E-state index in [9.17, 15) is 9.59 Å². The van der Waals surface area contributed by atoms with Crippen LogP contribution in [0, 0.1) is 25.7 Å². The number of carbonyl (C=O) groups excluding carboxylic acids is 2. The van der Waals surface area contributed by atoms with Gasteiger partial charge >= 0.3 is 0 Å². The molecule has 3 heterocycles. The summed E-state index contributed by atoms with van der Waals surface area (Å²) in [5, 5.41) is 0. The zero-order valence-corrected chi connectivity index (χ0v) is 19.0. The number of rotatable bonds is 9. The van der Waals surface area contributed by atoms with Crippen LogP contribution in [0.15, 0.2) is 6.07 Å². The number of methoxy groups -OCH3 is 2. The number of likely N-dealkylation sites (tertiary alicyclic amines) is 2. The minimum atomic E-state index is 0.136. The van der Waals surface area contributed by atoms with Gasteiger partial charge in [-0.3, -0.25) is 9.59 Å². The molecule has 0 N–H and O–H groups in total. The molecule has 0 spiro atoms. The Morgan fingerprint density at radius 1 is 1.13 bits per heavy atom. The fourth-order valence-corrected chi connectivity index (χ4v) is 4.91. The molecule has 2 saturated heterocycles. The molecule has 1 atom stereocenters. The van der Waals surface area contributed by atoms with Crippen molar-refractivity contribution in [3.63, 3.8) is 0 Å². The van der Waals surface area contributed by atoms with E-state index in [1.807, 2.05) is 22.8 Å². The van der Waals surface area contributed by atoms with Crippen LogP contribution in [-0.2, 0) is 20.8 Å². The van der Waals surface area contributed by atoms with E-state index in [0.29, 0.717) is 24.9 Å². The van der Waals surface area contributed by atoms with E-state index < -0.39 is 0 Å². The lowest BCUT2D eigenvalue weighted by Crippen LogP contribution is -2.42. The fraction of sp³-hybridized carbons (Fsp3) is 0.739. The first-order valence-electron chi connectivity index (χ1n) is 11.2. The molecule has 0 aromatic carbocycles. The van der Waals surface area contributed by atoms with E-state index >= 15 is 0 Å². The van der Waals surface area contributed by atoms with Gasteiger partial charge in [0, 0.05) is 77.3 Å². The van der Waals surface area contributed by atoms with Gasteiger partial charge < -0.3 is 23.8 Å². The summed E-state index contributed by atoms with van der Waals surface area (Å²) >= 11 is 0. The third kappa shape index (κ3) is 5.24. The molecule has 0 aliphatic carbocycles. The molecule has 2 aliphatic heterocycles. The van der Waals surface area contributed by atoms with Gasteiger partial charge in [-0.1, -0.05) is 0 Å². The summed E-state index contributed by atoms with van der Waals surface area (Å²) in [5.41, 5.74) is 2.99. The van der Waals surface area contributed by atoms with Crippen molar-refractivity contribution >= 4 is 11.8 Å². The Balaban J connectivity index is 1.52. The van der Waals surface area contributed by atoms with Crippen LogP contribution in [0.5, 0.6) is 0 Å². The zero-order chi connectivity index (χ0) is 21.7. The van der Waals surface area contributed by atoms with E-state index in [4.69, 9.17) is 9.47 Å². The Hall–Kier alpha value is -1.86. The van der Waals surface area contributed by atoms with E-state index in [2.05, 4.69) is 11.5 Å². The summed E-state index contributed by atoms with van der Waals surface area (Å²) < 4.78 is 12.6. The first-order valence-corrected chi connectivity index (χ1v) is 11.2. The smallest absolute Gasteiger partial charge is 0.255 e. The Labute approximate surface area is 180 Å². The third-order valence-corrected chi connectivity index (χ3v) is 6.61. The second-order valence-corrected chi connectivity index (χ2v) is 8.84. The summed E-state index contributed by atoms with van der Waals surface area (Å²) in [6.07, 6.45) is 3.45. The second-order valence-electron chi connectivity index (χ2n) is 8.84. The number of amides is 2. The topological polar surface area (TPSA) is 64.0 Å². The lowest BCUT2D eigenvalue weighted by molar-refractivity contribution is -0.128. The second kappa shape index (κ2) is 10.4. The molecule has 30 heavy (non-hydrogen) atoms. The van der Waals surface area contributed by atoms with Crippen LogP contribution in [0.3, 0.4) is 0 Å². The summed E-state index contributed by atoms with van der Waals surface area (Å²) in [5.74, 6) is 1.18. The van der Waals surface area contributed by atoms with Gasteiger partial charge in [-0.25, -0.2) is 0 Å². The molecule has 3 rings (SSSR count). The molecule has 7 heteroatoms. The monoisotopic (exact) mass is 419 g/mol. The number of nitrogens with zero attached hydrogens (tertiary/aromatic N) is 3. The van der Waals surface area contributed by atoms with Crippen LogP contribution in [0.4, 0.5) is 0 Å². The number of aryl methyl sites for hydroxylation is 1. The predicted molar refractivity (Wildman–Crippen MR) is 116 cm³/mol. The van der Waals surface area contributed by atoms with Gasteiger partial charge in [-0.05, 0) is 45.1 Å². The molecular formula is C23H37N3O4. The summed E-state index contributed by atoms with van der Waals surface area (Å²) in [6, 6.07) is 2.02. The van der Waals surface area contributed by atoms with Crippen molar-refractivity contribution in [2.75, 3.05) is 53.6 Å². The minimum Gasteiger partial charge on any atom is -0.385 e. The van der Waals surface area contributed by atoms with Gasteiger partial charge in [0.2, 0.25) is 5.91 Å². The van der Waals surface area contributed by atoms with Crippen LogP contribution >= 0.6 is 0 Å². The molecule has 0 saturated carbocycles. The Kier molecular flexibility index (Phi) is 7.94. The van der Waals surface area contributed by atoms with Gasteiger partial charge in [-0.2, -0.15) is 0 Å². The van der Waals surface area contributed by atoms with Crippen molar-refractivity contribution < 1.29 is 19.1 Å². The SMILES string of the molecule is COCCCn1c(C)cc(C(=O)N2CCC(CN3CC(COC)CC3=O)CC2)c1C.